The highest BCUT2D eigenvalue weighted by Gasteiger charge is 2.50. The second kappa shape index (κ2) is 4.02. The summed E-state index contributed by atoms with van der Waals surface area (Å²) in [7, 11) is 0. The van der Waals surface area contributed by atoms with Gasteiger partial charge in [-0.05, 0) is 61.7 Å². The zero-order valence-electron chi connectivity index (χ0n) is 10.7. The molecule has 1 aromatic rings. The fourth-order valence-corrected chi connectivity index (χ4v) is 5.26. The molecular weight excluding hydrogens is 222 g/mol. The van der Waals surface area contributed by atoms with E-state index in [2.05, 4.69) is 9.97 Å². The Morgan fingerprint density at radius 1 is 0.944 bits per heavy atom. The molecule has 1 atom stereocenters. The number of hydrogen-bond donors (Lipinski definition) is 1. The molecule has 0 aromatic carbocycles. The van der Waals surface area contributed by atoms with Crippen LogP contribution in [0.5, 0.6) is 0 Å². The second-order valence-corrected chi connectivity index (χ2v) is 6.71. The van der Waals surface area contributed by atoms with Crippen molar-refractivity contribution >= 4 is 0 Å². The number of rotatable bonds is 2. The van der Waals surface area contributed by atoms with E-state index < -0.39 is 0 Å². The topological polar surface area (TPSA) is 51.8 Å². The molecule has 0 spiro atoms. The highest BCUT2D eigenvalue weighted by atomic mass is 14.8. The molecule has 4 saturated carbocycles. The quantitative estimate of drug-likeness (QED) is 0.868. The van der Waals surface area contributed by atoms with E-state index in [9.17, 15) is 0 Å². The molecule has 18 heavy (non-hydrogen) atoms. The zero-order valence-corrected chi connectivity index (χ0v) is 10.7. The van der Waals surface area contributed by atoms with Gasteiger partial charge >= 0.3 is 0 Å². The van der Waals surface area contributed by atoms with E-state index in [1.54, 1.807) is 6.33 Å². The standard InChI is InChI=1S/C15H21N3/c16-15(13-6-17-8-18-7-13)14-11-2-9-1-10(4-11)5-12(14)3-9/h6-12,14-15H,1-5,16H2. The van der Waals surface area contributed by atoms with Crippen LogP contribution in [-0.2, 0) is 0 Å². The lowest BCUT2D eigenvalue weighted by Crippen LogP contribution is -2.48. The van der Waals surface area contributed by atoms with Crippen molar-refractivity contribution in [2.75, 3.05) is 0 Å². The molecule has 1 aromatic heterocycles. The lowest BCUT2D eigenvalue weighted by atomic mass is 9.50. The minimum absolute atomic E-state index is 0.154. The average molecular weight is 243 g/mol. The minimum Gasteiger partial charge on any atom is -0.324 e. The molecule has 4 fully saturated rings. The number of nitrogens with two attached hydrogens (primary N) is 1. The third-order valence-electron chi connectivity index (χ3n) is 5.68. The Morgan fingerprint density at radius 2 is 1.50 bits per heavy atom. The minimum atomic E-state index is 0.154. The Balaban J connectivity index is 1.61. The lowest BCUT2D eigenvalue weighted by molar-refractivity contribution is -0.0472. The monoisotopic (exact) mass is 243 g/mol. The molecule has 0 radical (unpaired) electrons. The van der Waals surface area contributed by atoms with Crippen LogP contribution in [0, 0.1) is 29.6 Å². The van der Waals surface area contributed by atoms with Gasteiger partial charge in [0, 0.05) is 24.0 Å². The molecule has 3 heteroatoms. The summed E-state index contributed by atoms with van der Waals surface area (Å²) in [5, 5.41) is 0. The highest BCUT2D eigenvalue weighted by molar-refractivity contribution is 5.13. The van der Waals surface area contributed by atoms with Crippen LogP contribution in [0.2, 0.25) is 0 Å². The molecule has 3 nitrogen and oxygen atoms in total. The van der Waals surface area contributed by atoms with Crippen LogP contribution in [-0.4, -0.2) is 9.97 Å². The maximum atomic E-state index is 6.54. The highest BCUT2D eigenvalue weighted by Crippen LogP contribution is 2.58. The van der Waals surface area contributed by atoms with E-state index in [-0.39, 0.29) is 6.04 Å². The van der Waals surface area contributed by atoms with Crippen molar-refractivity contribution in [3.63, 3.8) is 0 Å². The Labute approximate surface area is 108 Å². The van der Waals surface area contributed by atoms with Crippen molar-refractivity contribution in [2.24, 2.45) is 35.3 Å². The fraction of sp³-hybridized carbons (Fsp3) is 0.733. The molecular formula is C15H21N3. The van der Waals surface area contributed by atoms with Crippen molar-refractivity contribution in [2.45, 2.75) is 38.1 Å². The van der Waals surface area contributed by atoms with E-state index in [1.165, 1.54) is 32.1 Å². The summed E-state index contributed by atoms with van der Waals surface area (Å²) in [6, 6.07) is 0.154. The Hall–Kier alpha value is -0.960. The number of hydrogen-bond acceptors (Lipinski definition) is 3. The van der Waals surface area contributed by atoms with Gasteiger partial charge in [0.1, 0.15) is 6.33 Å². The van der Waals surface area contributed by atoms with Crippen LogP contribution < -0.4 is 5.73 Å². The predicted molar refractivity (Wildman–Crippen MR) is 69.5 cm³/mol. The predicted octanol–water partition coefficient (Wildman–Crippen LogP) is 2.55. The Bertz CT molecular complexity index is 403. The summed E-state index contributed by atoms with van der Waals surface area (Å²) in [5.41, 5.74) is 7.67. The van der Waals surface area contributed by atoms with E-state index in [0.29, 0.717) is 5.92 Å². The molecule has 4 bridgehead atoms. The summed E-state index contributed by atoms with van der Waals surface area (Å²) in [4.78, 5) is 8.25. The fourth-order valence-electron chi connectivity index (χ4n) is 5.26. The first kappa shape index (κ1) is 10.9. The van der Waals surface area contributed by atoms with Crippen molar-refractivity contribution in [3.8, 4) is 0 Å². The Kier molecular flexibility index (Phi) is 2.44. The molecule has 0 amide bonds. The van der Waals surface area contributed by atoms with E-state index in [4.69, 9.17) is 5.73 Å². The van der Waals surface area contributed by atoms with E-state index in [0.717, 1.165) is 29.2 Å². The van der Waals surface area contributed by atoms with Crippen LogP contribution in [0.15, 0.2) is 18.7 Å². The van der Waals surface area contributed by atoms with Crippen molar-refractivity contribution in [3.05, 3.63) is 24.3 Å². The van der Waals surface area contributed by atoms with Crippen LogP contribution in [0.3, 0.4) is 0 Å². The second-order valence-electron chi connectivity index (χ2n) is 6.71. The first-order valence-corrected chi connectivity index (χ1v) is 7.31. The van der Waals surface area contributed by atoms with Crippen LogP contribution in [0.1, 0.15) is 43.7 Å². The SMILES string of the molecule is NC(c1cncnc1)C1C2CC3CC(C2)CC1C3. The van der Waals surface area contributed by atoms with Gasteiger partial charge < -0.3 is 5.73 Å². The third-order valence-corrected chi connectivity index (χ3v) is 5.68. The van der Waals surface area contributed by atoms with Gasteiger partial charge in [0.25, 0.3) is 0 Å². The number of aromatic nitrogens is 2. The summed E-state index contributed by atoms with van der Waals surface area (Å²) < 4.78 is 0. The maximum absolute atomic E-state index is 6.54. The zero-order chi connectivity index (χ0) is 12.1. The van der Waals surface area contributed by atoms with Gasteiger partial charge in [-0.1, -0.05) is 0 Å². The van der Waals surface area contributed by atoms with Gasteiger partial charge in [0.15, 0.2) is 0 Å². The molecule has 4 aliphatic carbocycles. The summed E-state index contributed by atoms with van der Waals surface area (Å²) in [6.45, 7) is 0. The molecule has 1 heterocycles. The largest absolute Gasteiger partial charge is 0.324 e. The first-order valence-electron chi connectivity index (χ1n) is 7.31. The molecule has 96 valence electrons. The van der Waals surface area contributed by atoms with Gasteiger partial charge in [0.05, 0.1) is 0 Å². The molecule has 5 rings (SSSR count). The maximum Gasteiger partial charge on any atom is 0.115 e. The van der Waals surface area contributed by atoms with Gasteiger partial charge in [0.2, 0.25) is 0 Å². The summed E-state index contributed by atoms with van der Waals surface area (Å²) in [5.74, 6) is 4.46. The van der Waals surface area contributed by atoms with E-state index >= 15 is 0 Å². The van der Waals surface area contributed by atoms with Crippen LogP contribution in [0.4, 0.5) is 0 Å². The molecule has 0 saturated heterocycles. The van der Waals surface area contributed by atoms with Gasteiger partial charge in [-0.3, -0.25) is 0 Å². The number of nitrogens with zero attached hydrogens (tertiary/aromatic N) is 2. The van der Waals surface area contributed by atoms with Crippen LogP contribution >= 0.6 is 0 Å². The van der Waals surface area contributed by atoms with Crippen molar-refractivity contribution < 1.29 is 0 Å². The molecule has 0 aliphatic heterocycles. The summed E-state index contributed by atoms with van der Waals surface area (Å²) >= 11 is 0. The average Bonchev–Trinajstić information content (AvgIpc) is 2.38. The summed E-state index contributed by atoms with van der Waals surface area (Å²) in [6.07, 6.45) is 12.6. The van der Waals surface area contributed by atoms with Crippen molar-refractivity contribution in [1.82, 2.24) is 9.97 Å². The van der Waals surface area contributed by atoms with Gasteiger partial charge in [-0.15, -0.1) is 0 Å². The van der Waals surface area contributed by atoms with Gasteiger partial charge in [-0.2, -0.15) is 0 Å². The normalized spacial score (nSPS) is 43.1. The lowest BCUT2D eigenvalue weighted by Gasteiger charge is -2.56. The van der Waals surface area contributed by atoms with Gasteiger partial charge in [-0.25, -0.2) is 9.97 Å². The molecule has 1 unspecified atom stereocenters. The van der Waals surface area contributed by atoms with Crippen molar-refractivity contribution in [1.29, 1.82) is 0 Å². The Morgan fingerprint density at radius 3 is 2.06 bits per heavy atom. The third kappa shape index (κ3) is 1.60. The van der Waals surface area contributed by atoms with Crippen LogP contribution in [0.25, 0.3) is 0 Å². The smallest absolute Gasteiger partial charge is 0.115 e. The van der Waals surface area contributed by atoms with E-state index in [1.807, 2.05) is 12.4 Å². The molecule has 4 aliphatic rings. The first-order chi connectivity index (χ1) is 8.81. The molecule has 2 N–H and O–H groups in total.